The number of nitrogens with zero attached hydrogens (tertiary/aromatic N) is 3. The lowest BCUT2D eigenvalue weighted by molar-refractivity contribution is -0.139. The van der Waals surface area contributed by atoms with Crippen molar-refractivity contribution in [1.82, 2.24) is 14.9 Å². The molecule has 0 saturated carbocycles. The largest absolute Gasteiger partial charge is 0.481 e. The summed E-state index contributed by atoms with van der Waals surface area (Å²) < 4.78 is 6.99. The van der Waals surface area contributed by atoms with Crippen molar-refractivity contribution in [2.45, 2.75) is 0 Å². The van der Waals surface area contributed by atoms with E-state index >= 15 is 0 Å². The van der Waals surface area contributed by atoms with Crippen molar-refractivity contribution in [3.05, 3.63) is 63.9 Å². The van der Waals surface area contributed by atoms with E-state index in [1.54, 1.807) is 30.3 Å². The maximum Gasteiger partial charge on any atom is 0.341 e. The summed E-state index contributed by atoms with van der Waals surface area (Å²) >= 11 is 11.5. The molecule has 0 spiro atoms. The molecule has 0 aliphatic heterocycles. The topological polar surface area (TPSA) is 92.5 Å². The molecule has 0 amide bonds. The van der Waals surface area contributed by atoms with Crippen LogP contribution in [0.15, 0.2) is 53.6 Å². The SMILES string of the molecule is O=C(O)COc1ccccc1/C=N\n1c(-c2ccccc2Cl)n[nH]c1=S. The Morgan fingerprint density at radius 3 is 2.81 bits per heavy atom. The fourth-order valence-electron chi connectivity index (χ4n) is 2.19. The molecule has 0 radical (unpaired) electrons. The van der Waals surface area contributed by atoms with Gasteiger partial charge in [0.1, 0.15) is 5.75 Å². The summed E-state index contributed by atoms with van der Waals surface area (Å²) in [7, 11) is 0. The molecule has 0 bridgehead atoms. The minimum atomic E-state index is -1.06. The van der Waals surface area contributed by atoms with Gasteiger partial charge in [0.15, 0.2) is 12.4 Å². The van der Waals surface area contributed by atoms with Crippen molar-refractivity contribution >= 4 is 36.0 Å². The first kappa shape index (κ1) is 17.8. The number of nitrogens with one attached hydrogen (secondary N) is 1. The summed E-state index contributed by atoms with van der Waals surface area (Å²) in [5.74, 6) is -0.205. The molecule has 3 rings (SSSR count). The number of aromatic nitrogens is 3. The lowest BCUT2D eigenvalue weighted by Gasteiger charge is -2.06. The van der Waals surface area contributed by atoms with Crippen molar-refractivity contribution in [1.29, 1.82) is 0 Å². The maximum atomic E-state index is 10.7. The molecule has 132 valence electrons. The van der Waals surface area contributed by atoms with Gasteiger partial charge >= 0.3 is 5.97 Å². The van der Waals surface area contributed by atoms with Crippen LogP contribution in [0.4, 0.5) is 0 Å². The van der Waals surface area contributed by atoms with Gasteiger partial charge in [0.05, 0.1) is 11.2 Å². The average Bonchev–Trinajstić information content (AvgIpc) is 2.99. The fourth-order valence-corrected chi connectivity index (χ4v) is 2.59. The smallest absolute Gasteiger partial charge is 0.341 e. The molecule has 26 heavy (non-hydrogen) atoms. The first-order valence-corrected chi connectivity index (χ1v) is 8.25. The predicted octanol–water partition coefficient (Wildman–Crippen LogP) is 3.61. The number of aliphatic carboxylic acids is 1. The number of hydrogen-bond acceptors (Lipinski definition) is 5. The Hall–Kier alpha value is -2.97. The average molecular weight is 389 g/mol. The molecule has 0 atom stereocenters. The fraction of sp³-hybridized carbons (Fsp3) is 0.0588. The standard InChI is InChI=1S/C17H13ClN4O3S/c18-13-7-3-2-6-12(13)16-20-21-17(26)22(16)19-9-11-5-1-4-8-14(11)25-10-15(23)24/h1-9H,10H2,(H,21,26)(H,23,24)/b19-9-. The highest BCUT2D eigenvalue weighted by Gasteiger charge is 2.11. The van der Waals surface area contributed by atoms with Gasteiger partial charge in [-0.25, -0.2) is 9.89 Å². The second-order valence-corrected chi connectivity index (χ2v) is 5.90. The van der Waals surface area contributed by atoms with Crippen molar-refractivity contribution in [3.8, 4) is 17.1 Å². The maximum absolute atomic E-state index is 10.7. The lowest BCUT2D eigenvalue weighted by Crippen LogP contribution is -2.10. The second-order valence-electron chi connectivity index (χ2n) is 5.11. The van der Waals surface area contributed by atoms with E-state index in [2.05, 4.69) is 15.3 Å². The summed E-state index contributed by atoms with van der Waals surface area (Å²) in [5, 5.41) is 20.5. The molecule has 3 aromatic rings. The number of hydrogen-bond donors (Lipinski definition) is 2. The number of ether oxygens (including phenoxy) is 1. The van der Waals surface area contributed by atoms with Crippen molar-refractivity contribution in [3.63, 3.8) is 0 Å². The van der Waals surface area contributed by atoms with Gasteiger partial charge in [0.25, 0.3) is 0 Å². The van der Waals surface area contributed by atoms with E-state index < -0.39 is 12.6 Å². The Morgan fingerprint density at radius 2 is 2.04 bits per heavy atom. The zero-order chi connectivity index (χ0) is 18.5. The van der Waals surface area contributed by atoms with E-state index in [0.29, 0.717) is 32.5 Å². The third-order valence-corrected chi connectivity index (χ3v) is 3.94. The van der Waals surface area contributed by atoms with Gasteiger partial charge in [-0.1, -0.05) is 35.9 Å². The summed E-state index contributed by atoms with van der Waals surface area (Å²) in [5.41, 5.74) is 1.27. The summed E-state index contributed by atoms with van der Waals surface area (Å²) in [6, 6.07) is 14.2. The number of benzene rings is 2. The minimum absolute atomic E-state index is 0.292. The van der Waals surface area contributed by atoms with Gasteiger partial charge in [-0.3, -0.25) is 0 Å². The number of carboxylic acid groups (broad SMARTS) is 1. The Bertz CT molecular complexity index is 1030. The van der Waals surface area contributed by atoms with Crippen LogP contribution in [-0.4, -0.2) is 38.8 Å². The predicted molar refractivity (Wildman–Crippen MR) is 100 cm³/mol. The molecule has 0 fully saturated rings. The second kappa shape index (κ2) is 7.94. The molecular formula is C17H13ClN4O3S. The summed E-state index contributed by atoms with van der Waals surface area (Å²) in [6.07, 6.45) is 1.52. The monoisotopic (exact) mass is 388 g/mol. The zero-order valence-electron chi connectivity index (χ0n) is 13.3. The molecule has 2 aromatic carbocycles. The number of rotatable bonds is 6. The minimum Gasteiger partial charge on any atom is -0.481 e. The normalized spacial score (nSPS) is 11.0. The number of carboxylic acids is 1. The van der Waals surface area contributed by atoms with Crippen molar-refractivity contribution < 1.29 is 14.6 Å². The highest BCUT2D eigenvalue weighted by atomic mass is 35.5. The van der Waals surface area contributed by atoms with Gasteiger partial charge in [0, 0.05) is 11.1 Å². The molecule has 7 nitrogen and oxygen atoms in total. The summed E-state index contributed by atoms with van der Waals surface area (Å²) in [6.45, 7) is -0.444. The third-order valence-electron chi connectivity index (χ3n) is 3.35. The van der Waals surface area contributed by atoms with E-state index in [1.807, 2.05) is 18.2 Å². The molecular weight excluding hydrogens is 376 g/mol. The van der Waals surface area contributed by atoms with Crippen LogP contribution in [0.1, 0.15) is 5.56 Å². The molecule has 0 aliphatic carbocycles. The van der Waals surface area contributed by atoms with Crippen LogP contribution in [0.5, 0.6) is 5.75 Å². The van der Waals surface area contributed by atoms with Gasteiger partial charge in [-0.2, -0.15) is 14.9 Å². The third kappa shape index (κ3) is 3.98. The van der Waals surface area contributed by atoms with E-state index in [9.17, 15) is 4.79 Å². The summed E-state index contributed by atoms with van der Waals surface area (Å²) in [4.78, 5) is 10.7. The van der Waals surface area contributed by atoms with Crippen LogP contribution in [0.2, 0.25) is 5.02 Å². The number of halogens is 1. The van der Waals surface area contributed by atoms with Crippen molar-refractivity contribution in [2.75, 3.05) is 6.61 Å². The molecule has 0 aliphatic rings. The highest BCUT2D eigenvalue weighted by molar-refractivity contribution is 7.71. The first-order valence-electron chi connectivity index (χ1n) is 7.46. The van der Waals surface area contributed by atoms with Crippen molar-refractivity contribution in [2.24, 2.45) is 5.10 Å². The highest BCUT2D eigenvalue weighted by Crippen LogP contribution is 2.26. The van der Waals surface area contributed by atoms with Gasteiger partial charge in [-0.05, 0) is 36.5 Å². The number of aromatic amines is 1. The van der Waals surface area contributed by atoms with Crippen LogP contribution < -0.4 is 4.74 Å². The number of carbonyl (C=O) groups is 1. The molecule has 2 N–H and O–H groups in total. The molecule has 1 aromatic heterocycles. The van der Waals surface area contributed by atoms with Gasteiger partial charge < -0.3 is 9.84 Å². The molecule has 9 heteroatoms. The quantitative estimate of drug-likeness (QED) is 0.497. The van der Waals surface area contributed by atoms with Crippen LogP contribution >= 0.6 is 23.8 Å². The van der Waals surface area contributed by atoms with Gasteiger partial charge in [0.2, 0.25) is 4.77 Å². The van der Waals surface area contributed by atoms with Crippen LogP contribution in [0.25, 0.3) is 11.4 Å². The van der Waals surface area contributed by atoms with E-state index in [4.69, 9.17) is 33.7 Å². The Balaban J connectivity index is 1.96. The Labute approximate surface area is 158 Å². The van der Waals surface area contributed by atoms with Gasteiger partial charge in [-0.15, -0.1) is 0 Å². The molecule has 0 saturated heterocycles. The lowest BCUT2D eigenvalue weighted by atomic mass is 10.2. The van der Waals surface area contributed by atoms with E-state index in [0.717, 1.165) is 0 Å². The Morgan fingerprint density at radius 1 is 1.31 bits per heavy atom. The van der Waals surface area contributed by atoms with Crippen LogP contribution in [0.3, 0.4) is 0 Å². The van der Waals surface area contributed by atoms with Crippen LogP contribution in [-0.2, 0) is 4.79 Å². The number of H-pyrrole nitrogens is 1. The molecule has 0 unspecified atom stereocenters. The number of para-hydroxylation sites is 1. The Kier molecular flexibility index (Phi) is 5.45. The van der Waals surface area contributed by atoms with E-state index in [-0.39, 0.29) is 0 Å². The zero-order valence-corrected chi connectivity index (χ0v) is 14.9. The van der Waals surface area contributed by atoms with Crippen LogP contribution in [0, 0.1) is 4.77 Å². The first-order chi connectivity index (χ1) is 12.6. The van der Waals surface area contributed by atoms with E-state index in [1.165, 1.54) is 10.9 Å². The molecule has 1 heterocycles.